The molecule has 1 fully saturated rings. The number of nitrogens with one attached hydrogen (secondary N) is 2. The molecule has 116 valence electrons. The third-order valence-electron chi connectivity index (χ3n) is 3.37. The second-order valence-electron chi connectivity index (χ2n) is 5.14. The molecule has 1 aliphatic rings. The van der Waals surface area contributed by atoms with Crippen molar-refractivity contribution in [1.82, 2.24) is 14.8 Å². The van der Waals surface area contributed by atoms with Crippen LogP contribution in [0, 0.1) is 0 Å². The Morgan fingerprint density at radius 1 is 1.50 bits per heavy atom. The Morgan fingerprint density at radius 2 is 2.23 bits per heavy atom. The van der Waals surface area contributed by atoms with Gasteiger partial charge in [-0.3, -0.25) is 9.36 Å². The fraction of sp³-hybridized carbons (Fsp3) is 0.357. The normalized spacial score (nSPS) is 15.5. The van der Waals surface area contributed by atoms with Gasteiger partial charge >= 0.3 is 5.69 Å². The van der Waals surface area contributed by atoms with Gasteiger partial charge in [-0.1, -0.05) is 35.5 Å². The highest BCUT2D eigenvalue weighted by Gasteiger charge is 2.30. The topological polar surface area (TPSA) is 79.8 Å². The Bertz CT molecular complexity index is 753. The summed E-state index contributed by atoms with van der Waals surface area (Å²) >= 11 is 7.29. The minimum Gasteiger partial charge on any atom is -0.324 e. The van der Waals surface area contributed by atoms with E-state index in [1.807, 2.05) is 0 Å². The molecule has 2 N–H and O–H groups in total. The van der Waals surface area contributed by atoms with Gasteiger partial charge in [0.1, 0.15) is 0 Å². The highest BCUT2D eigenvalue weighted by atomic mass is 35.5. The Kier molecular flexibility index (Phi) is 4.26. The SMILES string of the molecule is C[C@@H](Sc1n[nH]c(=O)n1C1CC1)C(=O)Nc1ccccc1Cl. The molecule has 0 saturated heterocycles. The molecule has 1 aliphatic carbocycles. The van der Waals surface area contributed by atoms with Crippen LogP contribution in [0.5, 0.6) is 0 Å². The molecule has 1 saturated carbocycles. The number of benzene rings is 1. The number of anilines is 1. The van der Waals surface area contributed by atoms with Crippen molar-refractivity contribution in [2.75, 3.05) is 5.32 Å². The molecule has 0 aliphatic heterocycles. The van der Waals surface area contributed by atoms with E-state index < -0.39 is 5.25 Å². The second-order valence-corrected chi connectivity index (χ2v) is 6.86. The van der Waals surface area contributed by atoms with E-state index in [9.17, 15) is 9.59 Å². The average Bonchev–Trinajstić information content (AvgIpc) is 3.26. The van der Waals surface area contributed by atoms with Gasteiger partial charge < -0.3 is 5.32 Å². The van der Waals surface area contributed by atoms with Gasteiger partial charge in [0.2, 0.25) is 5.91 Å². The fourth-order valence-electron chi connectivity index (χ4n) is 2.04. The quantitative estimate of drug-likeness (QED) is 0.821. The van der Waals surface area contributed by atoms with Crippen molar-refractivity contribution in [3.05, 3.63) is 39.8 Å². The van der Waals surface area contributed by atoms with E-state index in [1.165, 1.54) is 11.8 Å². The maximum Gasteiger partial charge on any atom is 0.344 e. The monoisotopic (exact) mass is 338 g/mol. The van der Waals surface area contributed by atoms with Crippen molar-refractivity contribution in [3.63, 3.8) is 0 Å². The van der Waals surface area contributed by atoms with Crippen molar-refractivity contribution >= 4 is 35.0 Å². The summed E-state index contributed by atoms with van der Waals surface area (Å²) < 4.78 is 1.63. The molecule has 0 spiro atoms. The lowest BCUT2D eigenvalue weighted by Gasteiger charge is -2.12. The summed E-state index contributed by atoms with van der Waals surface area (Å²) in [5.41, 5.74) is 0.354. The van der Waals surface area contributed by atoms with Crippen LogP contribution < -0.4 is 11.0 Å². The number of H-pyrrole nitrogens is 1. The van der Waals surface area contributed by atoms with Crippen LogP contribution in [0.3, 0.4) is 0 Å². The van der Waals surface area contributed by atoms with Crippen molar-refractivity contribution in [1.29, 1.82) is 0 Å². The first-order chi connectivity index (χ1) is 10.6. The van der Waals surface area contributed by atoms with Crippen LogP contribution in [0.1, 0.15) is 25.8 Å². The van der Waals surface area contributed by atoms with Crippen LogP contribution in [-0.2, 0) is 4.79 Å². The van der Waals surface area contributed by atoms with Crippen molar-refractivity contribution in [2.24, 2.45) is 0 Å². The summed E-state index contributed by atoms with van der Waals surface area (Å²) in [7, 11) is 0. The molecule has 1 aromatic carbocycles. The number of aromatic nitrogens is 3. The number of rotatable bonds is 5. The lowest BCUT2D eigenvalue weighted by molar-refractivity contribution is -0.115. The number of carbonyl (C=O) groups excluding carboxylic acids is 1. The van der Waals surface area contributed by atoms with Crippen LogP contribution >= 0.6 is 23.4 Å². The first-order valence-electron chi connectivity index (χ1n) is 6.95. The Labute approximate surface area is 136 Å². The van der Waals surface area contributed by atoms with Crippen molar-refractivity contribution in [2.45, 2.75) is 36.2 Å². The number of thioether (sulfide) groups is 1. The zero-order chi connectivity index (χ0) is 15.7. The molecule has 22 heavy (non-hydrogen) atoms. The fourth-order valence-corrected chi connectivity index (χ4v) is 3.15. The van der Waals surface area contributed by atoms with E-state index in [1.54, 1.807) is 35.8 Å². The average molecular weight is 339 g/mol. The van der Waals surface area contributed by atoms with Crippen LogP contribution in [0.2, 0.25) is 5.02 Å². The van der Waals surface area contributed by atoms with E-state index in [0.717, 1.165) is 12.8 Å². The molecule has 0 bridgehead atoms. The number of aromatic amines is 1. The summed E-state index contributed by atoms with van der Waals surface area (Å²) in [4.78, 5) is 24.0. The van der Waals surface area contributed by atoms with Gasteiger partial charge in [0.25, 0.3) is 0 Å². The van der Waals surface area contributed by atoms with Crippen molar-refractivity contribution in [3.8, 4) is 0 Å². The van der Waals surface area contributed by atoms with Gasteiger partial charge in [0.15, 0.2) is 5.16 Å². The predicted molar refractivity (Wildman–Crippen MR) is 86.5 cm³/mol. The van der Waals surface area contributed by atoms with Gasteiger partial charge in [0, 0.05) is 6.04 Å². The van der Waals surface area contributed by atoms with Crippen LogP contribution in [-0.4, -0.2) is 25.9 Å². The maximum absolute atomic E-state index is 12.3. The standard InChI is InChI=1S/C14H15ClN4O2S/c1-8(12(20)16-11-5-3-2-4-10(11)15)22-14-18-17-13(21)19(14)9-6-7-9/h2-5,8-9H,6-7H2,1H3,(H,16,20)(H,17,21)/t8-/m1/s1. The number of nitrogens with zero attached hydrogens (tertiary/aromatic N) is 2. The summed E-state index contributed by atoms with van der Waals surface area (Å²) in [5.74, 6) is -0.184. The minimum atomic E-state index is -0.399. The highest BCUT2D eigenvalue weighted by molar-refractivity contribution is 8.00. The highest BCUT2D eigenvalue weighted by Crippen LogP contribution is 2.36. The van der Waals surface area contributed by atoms with Gasteiger partial charge in [-0.2, -0.15) is 0 Å². The molecular weight excluding hydrogens is 324 g/mol. The molecule has 0 unspecified atom stereocenters. The lowest BCUT2D eigenvalue weighted by Crippen LogP contribution is -2.23. The second kappa shape index (κ2) is 6.18. The van der Waals surface area contributed by atoms with Gasteiger partial charge in [-0.15, -0.1) is 5.10 Å². The first kappa shape index (κ1) is 15.2. The van der Waals surface area contributed by atoms with E-state index in [2.05, 4.69) is 15.5 Å². The Balaban J connectivity index is 1.69. The molecule has 1 heterocycles. The number of hydrogen-bond acceptors (Lipinski definition) is 4. The van der Waals surface area contributed by atoms with E-state index >= 15 is 0 Å². The number of amides is 1. The molecule has 1 atom stereocenters. The summed E-state index contributed by atoms with van der Waals surface area (Å²) in [6.45, 7) is 1.77. The summed E-state index contributed by atoms with van der Waals surface area (Å²) in [6.07, 6.45) is 1.96. The van der Waals surface area contributed by atoms with Gasteiger partial charge in [-0.25, -0.2) is 9.89 Å². The van der Waals surface area contributed by atoms with E-state index in [-0.39, 0.29) is 17.6 Å². The molecule has 1 amide bonds. The zero-order valence-corrected chi connectivity index (χ0v) is 13.4. The lowest BCUT2D eigenvalue weighted by atomic mass is 10.3. The first-order valence-corrected chi connectivity index (χ1v) is 8.21. The Morgan fingerprint density at radius 3 is 2.91 bits per heavy atom. The van der Waals surface area contributed by atoms with Gasteiger partial charge in [0.05, 0.1) is 16.0 Å². The van der Waals surface area contributed by atoms with Gasteiger partial charge in [-0.05, 0) is 31.9 Å². The van der Waals surface area contributed by atoms with Crippen LogP contribution in [0.25, 0.3) is 0 Å². The molecule has 3 rings (SSSR count). The van der Waals surface area contributed by atoms with Crippen molar-refractivity contribution < 1.29 is 4.79 Å². The molecule has 8 heteroatoms. The Hall–Kier alpha value is -1.73. The number of halogens is 1. The number of para-hydroxylation sites is 1. The third kappa shape index (κ3) is 3.20. The number of carbonyl (C=O) groups is 1. The minimum absolute atomic E-state index is 0.184. The largest absolute Gasteiger partial charge is 0.344 e. The summed E-state index contributed by atoms with van der Waals surface area (Å²) in [6, 6.07) is 7.28. The predicted octanol–water partition coefficient (Wildman–Crippen LogP) is 2.68. The van der Waals surface area contributed by atoms with E-state index in [4.69, 9.17) is 11.6 Å². The van der Waals surface area contributed by atoms with Crippen LogP contribution in [0.4, 0.5) is 5.69 Å². The summed E-state index contributed by atoms with van der Waals surface area (Å²) in [5, 5.41) is 9.88. The molecular formula is C14H15ClN4O2S. The van der Waals surface area contributed by atoms with E-state index in [0.29, 0.717) is 15.9 Å². The zero-order valence-electron chi connectivity index (χ0n) is 11.9. The third-order valence-corrected chi connectivity index (χ3v) is 4.76. The molecule has 0 radical (unpaired) electrons. The molecule has 6 nitrogen and oxygen atoms in total. The molecule has 1 aromatic heterocycles. The smallest absolute Gasteiger partial charge is 0.324 e. The number of hydrogen-bond donors (Lipinski definition) is 2. The molecule has 2 aromatic rings. The van der Waals surface area contributed by atoms with Crippen LogP contribution in [0.15, 0.2) is 34.2 Å². The maximum atomic E-state index is 12.3.